The van der Waals surface area contributed by atoms with E-state index >= 15 is 0 Å². The van der Waals surface area contributed by atoms with Gasteiger partial charge in [-0.25, -0.2) is 0 Å². The van der Waals surface area contributed by atoms with Gasteiger partial charge in [-0.05, 0) is 44.8 Å². The predicted molar refractivity (Wildman–Crippen MR) is 80.0 cm³/mol. The van der Waals surface area contributed by atoms with Crippen LogP contribution in [0.15, 0.2) is 24.3 Å². The number of fused-ring (bicyclic) bond motifs is 1. The van der Waals surface area contributed by atoms with E-state index in [-0.39, 0.29) is 11.7 Å². The lowest BCUT2D eigenvalue weighted by molar-refractivity contribution is -0.0238. The Labute approximate surface area is 121 Å². The number of rotatable bonds is 2. The van der Waals surface area contributed by atoms with Crippen molar-refractivity contribution >= 4 is 0 Å². The summed E-state index contributed by atoms with van der Waals surface area (Å²) in [6.07, 6.45) is 4.81. The van der Waals surface area contributed by atoms with Gasteiger partial charge >= 0.3 is 0 Å². The molecule has 0 aliphatic carbocycles. The van der Waals surface area contributed by atoms with Gasteiger partial charge in [0.25, 0.3) is 0 Å². The fraction of sp³-hybridized carbons (Fsp3) is 0.647. The molecule has 0 bridgehead atoms. The number of nitrogens with zero attached hydrogens (tertiary/aromatic N) is 1. The molecule has 0 amide bonds. The number of aliphatic hydroxyl groups is 1. The Hall–Kier alpha value is -1.06. The quantitative estimate of drug-likeness (QED) is 0.900. The molecule has 110 valence electrons. The Morgan fingerprint density at radius 3 is 3.00 bits per heavy atom. The highest BCUT2D eigenvalue weighted by molar-refractivity contribution is 5.38. The molecule has 3 nitrogen and oxygen atoms in total. The summed E-state index contributed by atoms with van der Waals surface area (Å²) in [7, 11) is 0. The van der Waals surface area contributed by atoms with Crippen LogP contribution in [0.1, 0.15) is 50.7 Å². The molecule has 3 heteroatoms. The second-order valence-electron chi connectivity index (χ2n) is 6.24. The Bertz CT molecular complexity index is 462. The van der Waals surface area contributed by atoms with Crippen LogP contribution in [0.2, 0.25) is 0 Å². The first-order chi connectivity index (χ1) is 9.72. The van der Waals surface area contributed by atoms with Crippen molar-refractivity contribution in [3.8, 4) is 5.75 Å². The summed E-state index contributed by atoms with van der Waals surface area (Å²) in [5.74, 6) is 0.884. The van der Waals surface area contributed by atoms with Crippen molar-refractivity contribution in [3.63, 3.8) is 0 Å². The summed E-state index contributed by atoms with van der Waals surface area (Å²) in [6, 6.07) is 7.94. The Balaban J connectivity index is 1.77. The first-order valence-corrected chi connectivity index (χ1v) is 7.91. The van der Waals surface area contributed by atoms with E-state index in [1.54, 1.807) is 0 Å². The highest BCUT2D eigenvalue weighted by atomic mass is 16.5. The molecule has 1 fully saturated rings. The van der Waals surface area contributed by atoms with E-state index < -0.39 is 0 Å². The molecule has 2 aliphatic heterocycles. The molecule has 20 heavy (non-hydrogen) atoms. The fourth-order valence-electron chi connectivity index (χ4n) is 3.66. The zero-order valence-electron chi connectivity index (χ0n) is 12.3. The largest absolute Gasteiger partial charge is 0.487 e. The number of aliphatic hydroxyl groups excluding tert-OH is 1. The van der Waals surface area contributed by atoms with Gasteiger partial charge in [0, 0.05) is 18.5 Å². The topological polar surface area (TPSA) is 32.7 Å². The lowest BCUT2D eigenvalue weighted by Crippen LogP contribution is -2.42. The van der Waals surface area contributed by atoms with E-state index in [4.69, 9.17) is 4.74 Å². The van der Waals surface area contributed by atoms with Gasteiger partial charge in [0.05, 0.1) is 6.10 Å². The summed E-state index contributed by atoms with van der Waals surface area (Å²) in [5.41, 5.74) is 0.795. The summed E-state index contributed by atoms with van der Waals surface area (Å²) >= 11 is 0. The van der Waals surface area contributed by atoms with Crippen LogP contribution in [-0.4, -0.2) is 35.2 Å². The first-order valence-electron chi connectivity index (χ1n) is 7.91. The molecule has 0 aromatic heterocycles. The summed E-state index contributed by atoms with van der Waals surface area (Å²) < 4.78 is 6.35. The molecule has 2 atom stereocenters. The molecule has 1 aromatic carbocycles. The zero-order chi connectivity index (χ0) is 14.0. The molecule has 1 aromatic rings. The lowest BCUT2D eigenvalue weighted by atomic mass is 9.83. The second kappa shape index (κ2) is 5.74. The molecule has 0 radical (unpaired) electrons. The average molecular weight is 275 g/mol. The predicted octanol–water partition coefficient (Wildman–Crippen LogP) is 3.14. The van der Waals surface area contributed by atoms with Gasteiger partial charge in [0.15, 0.2) is 0 Å². The monoisotopic (exact) mass is 275 g/mol. The molecule has 2 aliphatic rings. The van der Waals surface area contributed by atoms with E-state index in [1.165, 1.54) is 13.0 Å². The van der Waals surface area contributed by atoms with E-state index in [1.807, 2.05) is 24.3 Å². The van der Waals surface area contributed by atoms with E-state index in [2.05, 4.69) is 11.8 Å². The molecule has 3 rings (SSSR count). The molecule has 2 heterocycles. The number of hydrogen-bond donors (Lipinski definition) is 1. The van der Waals surface area contributed by atoms with Crippen LogP contribution in [0, 0.1) is 0 Å². The molecular weight excluding hydrogens is 250 g/mol. The maximum Gasteiger partial charge on any atom is 0.125 e. The van der Waals surface area contributed by atoms with Gasteiger partial charge < -0.3 is 14.7 Å². The molecule has 1 N–H and O–H groups in total. The smallest absolute Gasteiger partial charge is 0.125 e. The molecule has 1 saturated heterocycles. The van der Waals surface area contributed by atoms with Crippen LogP contribution in [0.5, 0.6) is 5.75 Å². The van der Waals surface area contributed by atoms with Gasteiger partial charge in [-0.2, -0.15) is 0 Å². The standard InChI is InChI=1S/C17H25NO2/c1-2-10-18-11-5-8-17(9-12-18)13-15(19)14-6-3-4-7-16(14)20-17/h3-4,6-7,15,19H,2,5,8-13H2,1H3/t15-,17?/m1/s1. The van der Waals surface area contributed by atoms with Gasteiger partial charge in [0.2, 0.25) is 0 Å². The normalized spacial score (nSPS) is 30.6. The van der Waals surface area contributed by atoms with Crippen LogP contribution >= 0.6 is 0 Å². The van der Waals surface area contributed by atoms with Crippen LogP contribution in [0.25, 0.3) is 0 Å². The summed E-state index contributed by atoms with van der Waals surface area (Å²) in [6.45, 7) is 5.66. The maximum absolute atomic E-state index is 10.4. The third-order valence-electron chi connectivity index (χ3n) is 4.70. The van der Waals surface area contributed by atoms with Crippen LogP contribution < -0.4 is 4.74 Å². The van der Waals surface area contributed by atoms with Crippen molar-refractivity contribution in [2.24, 2.45) is 0 Å². The van der Waals surface area contributed by atoms with Crippen molar-refractivity contribution in [1.29, 1.82) is 0 Å². The number of ether oxygens (including phenoxy) is 1. The SMILES string of the molecule is CCCN1CCCC2(CC1)C[C@@H](O)c1ccccc1O2. The molecule has 1 unspecified atom stereocenters. The molecule has 1 spiro atoms. The van der Waals surface area contributed by atoms with E-state index in [9.17, 15) is 5.11 Å². The number of para-hydroxylation sites is 1. The minimum absolute atomic E-state index is 0.156. The van der Waals surface area contributed by atoms with Crippen LogP contribution in [0.3, 0.4) is 0 Å². The molecule has 0 saturated carbocycles. The molecular formula is C17H25NO2. The van der Waals surface area contributed by atoms with E-state index in [0.29, 0.717) is 0 Å². The average Bonchev–Trinajstić information content (AvgIpc) is 2.63. The number of hydrogen-bond acceptors (Lipinski definition) is 3. The minimum atomic E-state index is -0.377. The zero-order valence-corrected chi connectivity index (χ0v) is 12.3. The summed E-state index contributed by atoms with van der Waals surface area (Å²) in [4.78, 5) is 2.53. The third kappa shape index (κ3) is 2.70. The first kappa shape index (κ1) is 13.9. The Morgan fingerprint density at radius 1 is 1.30 bits per heavy atom. The lowest BCUT2D eigenvalue weighted by Gasteiger charge is -2.40. The van der Waals surface area contributed by atoms with Crippen molar-refractivity contribution in [3.05, 3.63) is 29.8 Å². The maximum atomic E-state index is 10.4. The van der Waals surface area contributed by atoms with Crippen LogP contribution in [-0.2, 0) is 0 Å². The Kier molecular flexibility index (Phi) is 3.99. The van der Waals surface area contributed by atoms with Gasteiger partial charge in [-0.15, -0.1) is 0 Å². The fourth-order valence-corrected chi connectivity index (χ4v) is 3.66. The highest BCUT2D eigenvalue weighted by Crippen LogP contribution is 2.43. The van der Waals surface area contributed by atoms with Crippen molar-refractivity contribution in [1.82, 2.24) is 4.90 Å². The van der Waals surface area contributed by atoms with E-state index in [0.717, 1.165) is 50.1 Å². The van der Waals surface area contributed by atoms with Gasteiger partial charge in [-0.3, -0.25) is 0 Å². The third-order valence-corrected chi connectivity index (χ3v) is 4.70. The van der Waals surface area contributed by atoms with Gasteiger partial charge in [-0.1, -0.05) is 25.1 Å². The minimum Gasteiger partial charge on any atom is -0.487 e. The van der Waals surface area contributed by atoms with Crippen molar-refractivity contribution < 1.29 is 9.84 Å². The number of likely N-dealkylation sites (tertiary alicyclic amines) is 1. The number of benzene rings is 1. The van der Waals surface area contributed by atoms with Crippen molar-refractivity contribution in [2.75, 3.05) is 19.6 Å². The highest BCUT2D eigenvalue weighted by Gasteiger charge is 2.41. The summed E-state index contributed by atoms with van der Waals surface area (Å²) in [5, 5.41) is 10.4. The second-order valence-corrected chi connectivity index (χ2v) is 6.24. The van der Waals surface area contributed by atoms with Crippen LogP contribution in [0.4, 0.5) is 0 Å². The van der Waals surface area contributed by atoms with Crippen molar-refractivity contribution in [2.45, 2.75) is 50.7 Å². The Morgan fingerprint density at radius 2 is 2.15 bits per heavy atom. The van der Waals surface area contributed by atoms with Gasteiger partial charge in [0.1, 0.15) is 11.4 Å².